The van der Waals surface area contributed by atoms with E-state index in [1.807, 2.05) is 0 Å². The van der Waals surface area contributed by atoms with Crippen molar-refractivity contribution in [3.8, 4) is 0 Å². The first kappa shape index (κ1) is 15.3. The summed E-state index contributed by atoms with van der Waals surface area (Å²) in [6.45, 7) is 0.718. The summed E-state index contributed by atoms with van der Waals surface area (Å²) in [5.74, 6) is 0.0289. The van der Waals surface area contributed by atoms with Crippen LogP contribution < -0.4 is 11.1 Å². The number of carbonyl (C=O) groups excluding carboxylic acids is 1. The summed E-state index contributed by atoms with van der Waals surface area (Å²) in [6.07, 6.45) is 1.93. The van der Waals surface area contributed by atoms with E-state index in [0.717, 1.165) is 19.4 Å². The van der Waals surface area contributed by atoms with Gasteiger partial charge in [0.1, 0.15) is 5.75 Å². The van der Waals surface area contributed by atoms with E-state index in [2.05, 4.69) is 5.32 Å². The van der Waals surface area contributed by atoms with E-state index in [1.165, 1.54) is 0 Å². The van der Waals surface area contributed by atoms with Gasteiger partial charge < -0.3 is 15.8 Å². The number of ether oxygens (including phenoxy) is 1. The topological polar surface area (TPSA) is 81.4 Å². The second-order valence-corrected chi connectivity index (χ2v) is 6.60. The van der Waals surface area contributed by atoms with Crippen molar-refractivity contribution in [2.24, 2.45) is 0 Å². The standard InChI is InChI=1S/C13H17ClN2O3S/c14-9-3-4-12(11(15)6-9)16-13(17)8-20(18)7-10-2-1-5-19-10/h3-4,6,10H,1-2,5,7-8,15H2,(H,16,17). The second kappa shape index (κ2) is 7.06. The first-order valence-corrected chi connectivity index (χ1v) is 8.22. The van der Waals surface area contributed by atoms with Crippen molar-refractivity contribution in [2.45, 2.75) is 18.9 Å². The lowest BCUT2D eigenvalue weighted by molar-refractivity contribution is -0.113. The summed E-state index contributed by atoms with van der Waals surface area (Å²) < 4.78 is 17.3. The fourth-order valence-electron chi connectivity index (χ4n) is 2.02. The molecule has 1 heterocycles. The zero-order valence-electron chi connectivity index (χ0n) is 10.9. The van der Waals surface area contributed by atoms with Crippen LogP contribution in [0.5, 0.6) is 0 Å². The van der Waals surface area contributed by atoms with Gasteiger partial charge in [-0.3, -0.25) is 9.00 Å². The molecule has 5 nitrogen and oxygen atoms in total. The molecule has 1 aromatic carbocycles. The van der Waals surface area contributed by atoms with Crippen molar-refractivity contribution in [2.75, 3.05) is 29.2 Å². The molecule has 1 aromatic rings. The van der Waals surface area contributed by atoms with E-state index in [9.17, 15) is 9.00 Å². The summed E-state index contributed by atoms with van der Waals surface area (Å²) in [6, 6.07) is 4.82. The van der Waals surface area contributed by atoms with Crippen LogP contribution in [0.15, 0.2) is 18.2 Å². The number of rotatable bonds is 5. The Bertz CT molecular complexity index is 518. The number of carbonyl (C=O) groups is 1. The maximum Gasteiger partial charge on any atom is 0.237 e. The number of nitrogens with one attached hydrogen (secondary N) is 1. The Hall–Kier alpha value is -1.11. The highest BCUT2D eigenvalue weighted by molar-refractivity contribution is 7.85. The van der Waals surface area contributed by atoms with Gasteiger partial charge in [0.05, 0.1) is 23.2 Å². The van der Waals surface area contributed by atoms with Crippen LogP contribution in [0, 0.1) is 0 Å². The third-order valence-electron chi connectivity index (χ3n) is 2.98. The summed E-state index contributed by atoms with van der Waals surface area (Å²) in [4.78, 5) is 11.8. The van der Waals surface area contributed by atoms with Gasteiger partial charge in [-0.05, 0) is 31.0 Å². The van der Waals surface area contributed by atoms with Gasteiger partial charge in [0.15, 0.2) is 0 Å². The van der Waals surface area contributed by atoms with Crippen LogP contribution in [0.3, 0.4) is 0 Å². The molecule has 110 valence electrons. The van der Waals surface area contributed by atoms with E-state index in [1.54, 1.807) is 18.2 Å². The number of halogens is 1. The first-order chi connectivity index (χ1) is 9.54. The molecule has 0 aromatic heterocycles. The number of hydrogen-bond donors (Lipinski definition) is 2. The Kier molecular flexibility index (Phi) is 5.39. The van der Waals surface area contributed by atoms with Gasteiger partial charge >= 0.3 is 0 Å². The first-order valence-electron chi connectivity index (χ1n) is 6.36. The highest BCUT2D eigenvalue weighted by atomic mass is 35.5. The Balaban J connectivity index is 1.83. The third-order valence-corrected chi connectivity index (χ3v) is 4.54. The van der Waals surface area contributed by atoms with Crippen molar-refractivity contribution in [3.05, 3.63) is 23.2 Å². The number of anilines is 2. The maximum absolute atomic E-state index is 11.9. The van der Waals surface area contributed by atoms with Gasteiger partial charge in [-0.25, -0.2) is 0 Å². The highest BCUT2D eigenvalue weighted by Crippen LogP contribution is 2.22. The molecule has 20 heavy (non-hydrogen) atoms. The van der Waals surface area contributed by atoms with Crippen LogP contribution in [0.4, 0.5) is 11.4 Å². The van der Waals surface area contributed by atoms with Gasteiger partial charge in [0.25, 0.3) is 0 Å². The predicted octanol–water partition coefficient (Wildman–Crippen LogP) is 1.79. The Labute approximate surface area is 125 Å². The van der Waals surface area contributed by atoms with Crippen molar-refractivity contribution < 1.29 is 13.7 Å². The summed E-state index contributed by atoms with van der Waals surface area (Å²) >= 11 is 5.78. The van der Waals surface area contributed by atoms with Gasteiger partial charge in [-0.2, -0.15) is 0 Å². The van der Waals surface area contributed by atoms with Crippen molar-refractivity contribution in [1.29, 1.82) is 0 Å². The molecule has 0 radical (unpaired) electrons. The average molecular weight is 317 g/mol. The molecular formula is C13H17ClN2O3S. The molecule has 2 unspecified atom stereocenters. The summed E-state index contributed by atoms with van der Waals surface area (Å²) in [5, 5.41) is 3.14. The molecule has 1 fully saturated rings. The van der Waals surface area contributed by atoms with Crippen LogP contribution in [0.25, 0.3) is 0 Å². The van der Waals surface area contributed by atoms with Crippen LogP contribution in [0.1, 0.15) is 12.8 Å². The maximum atomic E-state index is 11.9. The van der Waals surface area contributed by atoms with Gasteiger partial charge in [0, 0.05) is 22.4 Å². The van der Waals surface area contributed by atoms with Gasteiger partial charge in [-0.1, -0.05) is 11.6 Å². The number of amides is 1. The molecule has 3 N–H and O–H groups in total. The summed E-state index contributed by atoms with van der Waals surface area (Å²) in [5.41, 5.74) is 6.60. The number of benzene rings is 1. The largest absolute Gasteiger partial charge is 0.397 e. The van der Waals surface area contributed by atoms with E-state index < -0.39 is 10.8 Å². The Morgan fingerprint density at radius 3 is 3.00 bits per heavy atom. The molecule has 1 amide bonds. The number of hydrogen-bond acceptors (Lipinski definition) is 4. The smallest absolute Gasteiger partial charge is 0.237 e. The SMILES string of the molecule is Nc1cc(Cl)ccc1NC(=O)CS(=O)CC1CCCO1. The monoisotopic (exact) mass is 316 g/mol. The minimum atomic E-state index is -1.23. The quantitative estimate of drug-likeness (QED) is 0.811. The van der Waals surface area contributed by atoms with E-state index in [4.69, 9.17) is 22.1 Å². The van der Waals surface area contributed by atoms with Crippen molar-refractivity contribution >= 4 is 39.7 Å². The van der Waals surface area contributed by atoms with Crippen LogP contribution in [-0.2, 0) is 20.3 Å². The molecular weight excluding hydrogens is 300 g/mol. The van der Waals surface area contributed by atoms with Crippen molar-refractivity contribution in [3.63, 3.8) is 0 Å². The fourth-order valence-corrected chi connectivity index (χ4v) is 3.36. The zero-order valence-corrected chi connectivity index (χ0v) is 12.5. The normalized spacial score (nSPS) is 19.8. The van der Waals surface area contributed by atoms with Crippen LogP contribution in [-0.4, -0.2) is 34.3 Å². The van der Waals surface area contributed by atoms with Gasteiger partial charge in [-0.15, -0.1) is 0 Å². The summed E-state index contributed by atoms with van der Waals surface area (Å²) in [7, 11) is -1.23. The van der Waals surface area contributed by atoms with Crippen LogP contribution >= 0.6 is 11.6 Å². The molecule has 1 aliphatic rings. The molecule has 0 spiro atoms. The second-order valence-electron chi connectivity index (χ2n) is 4.67. The molecule has 2 rings (SSSR count). The predicted molar refractivity (Wildman–Crippen MR) is 81.3 cm³/mol. The molecule has 0 saturated carbocycles. The fraction of sp³-hybridized carbons (Fsp3) is 0.462. The number of nitrogen functional groups attached to an aromatic ring is 1. The molecule has 1 aliphatic heterocycles. The molecule has 0 aliphatic carbocycles. The number of nitrogens with two attached hydrogens (primary N) is 1. The molecule has 2 atom stereocenters. The van der Waals surface area contributed by atoms with Crippen molar-refractivity contribution in [1.82, 2.24) is 0 Å². The van der Waals surface area contributed by atoms with E-state index in [0.29, 0.717) is 22.2 Å². The third kappa shape index (κ3) is 4.47. The zero-order chi connectivity index (χ0) is 14.5. The molecule has 7 heteroatoms. The van der Waals surface area contributed by atoms with E-state index >= 15 is 0 Å². The minimum Gasteiger partial charge on any atom is -0.397 e. The Morgan fingerprint density at radius 2 is 2.35 bits per heavy atom. The lowest BCUT2D eigenvalue weighted by Crippen LogP contribution is -2.25. The molecule has 0 bridgehead atoms. The Morgan fingerprint density at radius 1 is 1.55 bits per heavy atom. The van der Waals surface area contributed by atoms with Crippen LogP contribution in [0.2, 0.25) is 5.02 Å². The lowest BCUT2D eigenvalue weighted by atomic mass is 10.2. The van der Waals surface area contributed by atoms with Gasteiger partial charge in [0.2, 0.25) is 5.91 Å². The molecule has 1 saturated heterocycles. The van der Waals surface area contributed by atoms with E-state index in [-0.39, 0.29) is 17.8 Å². The average Bonchev–Trinajstić information content (AvgIpc) is 2.85. The minimum absolute atomic E-state index is 0.0178. The lowest BCUT2D eigenvalue weighted by Gasteiger charge is -2.10. The highest BCUT2D eigenvalue weighted by Gasteiger charge is 2.20.